The molecule has 5 rings (SSSR count). The molecule has 1 aliphatic carbocycles. The van der Waals surface area contributed by atoms with Crippen molar-refractivity contribution in [1.82, 2.24) is 4.90 Å². The normalized spacial score (nSPS) is 20.8. The zero-order chi connectivity index (χ0) is 29.0. The van der Waals surface area contributed by atoms with Crippen molar-refractivity contribution in [3.63, 3.8) is 0 Å². The van der Waals surface area contributed by atoms with Crippen molar-refractivity contribution < 1.29 is 17.6 Å². The molecule has 0 radical (unpaired) electrons. The number of hydrogen-bond donors (Lipinski definition) is 1. The molecule has 6 nitrogen and oxygen atoms in total. The van der Waals surface area contributed by atoms with Gasteiger partial charge in [0.05, 0.1) is 10.6 Å². The van der Waals surface area contributed by atoms with Gasteiger partial charge in [0.1, 0.15) is 5.82 Å². The summed E-state index contributed by atoms with van der Waals surface area (Å²) in [5.41, 5.74) is 4.49. The van der Waals surface area contributed by atoms with E-state index in [2.05, 4.69) is 17.1 Å². The quantitative estimate of drug-likeness (QED) is 0.361. The van der Waals surface area contributed by atoms with Crippen LogP contribution in [-0.4, -0.2) is 49.0 Å². The number of aliphatic imine (C=N–C) groups is 1. The first-order chi connectivity index (χ1) is 19.6. The summed E-state index contributed by atoms with van der Waals surface area (Å²) in [7, 11) is -3.36. The van der Waals surface area contributed by atoms with E-state index in [4.69, 9.17) is 4.99 Å². The third-order valence-electron chi connectivity index (χ3n) is 8.78. The number of likely N-dealkylation sites (tertiary alicyclic amines) is 1. The fourth-order valence-corrected chi connectivity index (χ4v) is 8.92. The summed E-state index contributed by atoms with van der Waals surface area (Å²) in [4.78, 5) is 19.1. The fraction of sp³-hybridized carbons (Fsp3) is 0.500. The molecule has 1 saturated carbocycles. The molecule has 2 aromatic rings. The Bertz CT molecular complexity index is 1410. The Hall–Kier alpha value is -2.65. The number of nitrogens with zero attached hydrogens (tertiary/aromatic N) is 2. The van der Waals surface area contributed by atoms with Crippen molar-refractivity contribution >= 4 is 38.4 Å². The summed E-state index contributed by atoms with van der Waals surface area (Å²) < 4.78 is 39.3. The SMILES string of the molecule is CCC1=C(Cc2ccc(F)cc2)N=C(N2CC3(CCCC(CCS(=O)(=O)c4ccc(NC(C)=O)cc4)CC3)C2)SC1. The average molecular weight is 598 g/mol. The van der Waals surface area contributed by atoms with Crippen LogP contribution in [0.1, 0.15) is 64.4 Å². The van der Waals surface area contributed by atoms with E-state index < -0.39 is 9.84 Å². The number of amides is 1. The molecule has 3 aliphatic rings. The van der Waals surface area contributed by atoms with E-state index in [9.17, 15) is 17.6 Å². The summed E-state index contributed by atoms with van der Waals surface area (Å²) in [5, 5.41) is 3.79. The van der Waals surface area contributed by atoms with Gasteiger partial charge in [-0.1, -0.05) is 43.7 Å². The minimum atomic E-state index is -3.36. The lowest BCUT2D eigenvalue weighted by Gasteiger charge is -2.52. The first-order valence-corrected chi connectivity index (χ1v) is 17.3. The van der Waals surface area contributed by atoms with Crippen LogP contribution in [-0.2, 0) is 21.1 Å². The van der Waals surface area contributed by atoms with E-state index in [1.807, 2.05) is 23.9 Å². The molecule has 0 aromatic heterocycles. The second kappa shape index (κ2) is 12.7. The highest BCUT2D eigenvalue weighted by Gasteiger charge is 2.45. The van der Waals surface area contributed by atoms with Gasteiger partial charge in [0, 0.05) is 49.0 Å². The van der Waals surface area contributed by atoms with E-state index >= 15 is 0 Å². The number of anilines is 1. The monoisotopic (exact) mass is 597 g/mol. The molecule has 1 N–H and O–H groups in total. The van der Waals surface area contributed by atoms with Gasteiger partial charge in [0.15, 0.2) is 15.0 Å². The molecule has 1 saturated heterocycles. The van der Waals surface area contributed by atoms with Crippen LogP contribution in [0.2, 0.25) is 0 Å². The number of allylic oxidation sites excluding steroid dienone is 1. The van der Waals surface area contributed by atoms with Crippen LogP contribution in [0.3, 0.4) is 0 Å². The minimum absolute atomic E-state index is 0.159. The van der Waals surface area contributed by atoms with Crippen molar-refractivity contribution in [3.8, 4) is 0 Å². The smallest absolute Gasteiger partial charge is 0.221 e. The Morgan fingerprint density at radius 1 is 1.10 bits per heavy atom. The van der Waals surface area contributed by atoms with Crippen molar-refractivity contribution in [2.45, 2.75) is 70.1 Å². The Labute approximate surface area is 247 Å². The van der Waals surface area contributed by atoms with Crippen LogP contribution >= 0.6 is 11.8 Å². The maximum Gasteiger partial charge on any atom is 0.221 e. The molecule has 2 fully saturated rings. The number of benzene rings is 2. The van der Waals surface area contributed by atoms with Crippen LogP contribution < -0.4 is 5.32 Å². The highest BCUT2D eigenvalue weighted by atomic mass is 32.2. The number of carbonyl (C=O) groups excluding carboxylic acids is 1. The van der Waals surface area contributed by atoms with E-state index in [-0.39, 0.29) is 17.5 Å². The molecular weight excluding hydrogens is 558 g/mol. The Morgan fingerprint density at radius 3 is 2.51 bits per heavy atom. The predicted molar refractivity (Wildman–Crippen MR) is 165 cm³/mol. The number of carbonyl (C=O) groups is 1. The number of hydrogen-bond acceptors (Lipinski definition) is 6. The lowest BCUT2D eigenvalue weighted by atomic mass is 9.73. The maximum atomic E-state index is 13.4. The van der Waals surface area contributed by atoms with Gasteiger partial charge in [-0.3, -0.25) is 4.79 Å². The van der Waals surface area contributed by atoms with Crippen molar-refractivity contribution in [1.29, 1.82) is 0 Å². The van der Waals surface area contributed by atoms with Crippen molar-refractivity contribution in [3.05, 3.63) is 71.2 Å². The van der Waals surface area contributed by atoms with Gasteiger partial charge in [-0.05, 0) is 85.6 Å². The molecule has 1 spiro atoms. The molecule has 9 heteroatoms. The molecule has 2 aliphatic heterocycles. The van der Waals surface area contributed by atoms with Gasteiger partial charge < -0.3 is 10.2 Å². The van der Waals surface area contributed by atoms with Gasteiger partial charge in [0.2, 0.25) is 5.91 Å². The van der Waals surface area contributed by atoms with Crippen LogP contribution in [0.5, 0.6) is 0 Å². The Morgan fingerprint density at radius 2 is 1.83 bits per heavy atom. The fourth-order valence-electron chi connectivity index (χ4n) is 6.33. The van der Waals surface area contributed by atoms with Crippen LogP contribution in [0.15, 0.2) is 69.7 Å². The van der Waals surface area contributed by atoms with Gasteiger partial charge >= 0.3 is 0 Å². The molecule has 2 heterocycles. The highest BCUT2D eigenvalue weighted by molar-refractivity contribution is 8.14. The third kappa shape index (κ3) is 7.41. The zero-order valence-electron chi connectivity index (χ0n) is 24.0. The summed E-state index contributed by atoms with van der Waals surface area (Å²) >= 11 is 1.83. The Kier molecular flexibility index (Phi) is 9.24. The van der Waals surface area contributed by atoms with Crippen LogP contribution in [0.25, 0.3) is 0 Å². The van der Waals surface area contributed by atoms with E-state index in [0.29, 0.717) is 28.3 Å². The number of halogens is 1. The molecule has 0 bridgehead atoms. The molecule has 41 heavy (non-hydrogen) atoms. The molecule has 1 amide bonds. The average Bonchev–Trinajstić information content (AvgIpc) is 3.15. The third-order valence-corrected chi connectivity index (χ3v) is 11.6. The van der Waals surface area contributed by atoms with E-state index in [1.165, 1.54) is 31.1 Å². The molecular formula is C32H40FN3O3S2. The van der Waals surface area contributed by atoms with Gasteiger partial charge in [-0.15, -0.1) is 0 Å². The zero-order valence-corrected chi connectivity index (χ0v) is 25.6. The summed E-state index contributed by atoms with van der Waals surface area (Å²) in [6.07, 6.45) is 8.01. The Balaban J connectivity index is 1.14. The largest absolute Gasteiger partial charge is 0.350 e. The molecule has 1 atom stereocenters. The second-order valence-electron chi connectivity index (χ2n) is 11.9. The van der Waals surface area contributed by atoms with Gasteiger partial charge in [0.25, 0.3) is 0 Å². The molecule has 1 unspecified atom stereocenters. The van der Waals surface area contributed by atoms with Crippen molar-refractivity contribution in [2.75, 3.05) is 29.9 Å². The first kappa shape index (κ1) is 29.8. The number of sulfone groups is 1. The van der Waals surface area contributed by atoms with Crippen LogP contribution in [0, 0.1) is 17.2 Å². The maximum absolute atomic E-state index is 13.4. The van der Waals surface area contributed by atoms with E-state index in [1.54, 1.807) is 24.3 Å². The first-order valence-electron chi connectivity index (χ1n) is 14.7. The lowest BCUT2D eigenvalue weighted by Crippen LogP contribution is -2.57. The van der Waals surface area contributed by atoms with E-state index in [0.717, 1.165) is 73.8 Å². The van der Waals surface area contributed by atoms with Crippen molar-refractivity contribution in [2.24, 2.45) is 16.3 Å². The minimum Gasteiger partial charge on any atom is -0.350 e. The van der Waals surface area contributed by atoms with Gasteiger partial charge in [-0.25, -0.2) is 17.8 Å². The molecule has 220 valence electrons. The predicted octanol–water partition coefficient (Wildman–Crippen LogP) is 6.84. The number of amidine groups is 1. The number of rotatable bonds is 8. The summed E-state index contributed by atoms with van der Waals surface area (Å²) in [6.45, 7) is 5.65. The summed E-state index contributed by atoms with van der Waals surface area (Å²) in [5.74, 6) is 1.15. The second-order valence-corrected chi connectivity index (χ2v) is 14.9. The van der Waals surface area contributed by atoms with Crippen LogP contribution in [0.4, 0.5) is 10.1 Å². The molecule has 2 aromatic carbocycles. The lowest BCUT2D eigenvalue weighted by molar-refractivity contribution is -0.114. The van der Waals surface area contributed by atoms with Gasteiger partial charge in [-0.2, -0.15) is 0 Å². The number of nitrogens with one attached hydrogen (secondary N) is 1. The standard InChI is InChI=1S/C32H40FN3O3S2/c1-3-26-20-40-31(35-30(26)19-25-6-8-27(33)9-7-25)36-21-32(22-36)16-4-5-24(14-17-32)15-18-41(38,39)29-12-10-28(11-13-29)34-23(2)37/h6-13,24H,3-5,14-22H2,1-2H3,(H,34,37). The highest BCUT2D eigenvalue weighted by Crippen LogP contribution is 2.46. The summed E-state index contributed by atoms with van der Waals surface area (Å²) in [6, 6.07) is 13.2. The number of thioether (sulfide) groups is 1. The topological polar surface area (TPSA) is 78.8 Å².